The van der Waals surface area contributed by atoms with Crippen molar-refractivity contribution in [3.63, 3.8) is 0 Å². The van der Waals surface area contributed by atoms with Gasteiger partial charge in [0.1, 0.15) is 0 Å². The first-order valence-corrected chi connectivity index (χ1v) is 8.06. The number of methoxy groups -OCH3 is 1. The van der Waals surface area contributed by atoms with Gasteiger partial charge >= 0.3 is 0 Å². The van der Waals surface area contributed by atoms with Gasteiger partial charge in [0, 0.05) is 20.2 Å². The van der Waals surface area contributed by atoms with Crippen molar-refractivity contribution in [2.24, 2.45) is 10.4 Å². The first-order valence-electron chi connectivity index (χ1n) is 8.06. The highest BCUT2D eigenvalue weighted by Gasteiger charge is 2.23. The Labute approximate surface area is 135 Å². The highest BCUT2D eigenvalue weighted by atomic mass is 16.5. The molecule has 2 N–H and O–H groups in total. The van der Waals surface area contributed by atoms with Crippen LogP contribution in [0.25, 0.3) is 0 Å². The molecule has 0 heterocycles. The van der Waals surface area contributed by atoms with E-state index in [1.807, 2.05) is 6.07 Å². The van der Waals surface area contributed by atoms with Crippen LogP contribution in [0.15, 0.2) is 35.3 Å². The number of aliphatic imine (C=N–C) groups is 1. The zero-order valence-corrected chi connectivity index (χ0v) is 14.6. The summed E-state index contributed by atoms with van der Waals surface area (Å²) in [6, 6.07) is 10.5. The van der Waals surface area contributed by atoms with Gasteiger partial charge in [0.25, 0.3) is 0 Å². The molecule has 0 aliphatic heterocycles. The molecule has 1 atom stereocenters. The fourth-order valence-electron chi connectivity index (χ4n) is 2.19. The van der Waals surface area contributed by atoms with Gasteiger partial charge in [-0.25, -0.2) is 0 Å². The van der Waals surface area contributed by atoms with E-state index in [4.69, 9.17) is 4.74 Å². The van der Waals surface area contributed by atoms with Crippen LogP contribution in [0.3, 0.4) is 0 Å². The van der Waals surface area contributed by atoms with E-state index in [1.54, 1.807) is 7.11 Å². The molecule has 0 radical (unpaired) electrons. The molecular formula is C18H31N3O. The molecule has 0 aliphatic carbocycles. The van der Waals surface area contributed by atoms with Crippen LogP contribution in [0.4, 0.5) is 0 Å². The van der Waals surface area contributed by atoms with Crippen LogP contribution in [-0.2, 0) is 11.2 Å². The second kappa shape index (κ2) is 9.46. The molecule has 1 aromatic carbocycles. The van der Waals surface area contributed by atoms with Crippen molar-refractivity contribution in [3.8, 4) is 0 Å². The van der Waals surface area contributed by atoms with Crippen LogP contribution in [0.5, 0.6) is 0 Å². The minimum Gasteiger partial charge on any atom is -0.379 e. The number of nitrogens with zero attached hydrogens (tertiary/aromatic N) is 1. The van der Waals surface area contributed by atoms with Crippen molar-refractivity contribution >= 4 is 5.96 Å². The Bertz CT molecular complexity index is 437. The Hall–Kier alpha value is -1.55. The molecule has 4 heteroatoms. The van der Waals surface area contributed by atoms with E-state index >= 15 is 0 Å². The number of hydrogen-bond acceptors (Lipinski definition) is 2. The van der Waals surface area contributed by atoms with Crippen LogP contribution >= 0.6 is 0 Å². The maximum Gasteiger partial charge on any atom is 0.191 e. The molecule has 1 unspecified atom stereocenters. The average Bonchev–Trinajstić information content (AvgIpc) is 2.47. The van der Waals surface area contributed by atoms with Gasteiger partial charge in [0.15, 0.2) is 5.96 Å². The van der Waals surface area contributed by atoms with E-state index in [0.29, 0.717) is 6.54 Å². The summed E-state index contributed by atoms with van der Waals surface area (Å²) in [5, 5.41) is 6.67. The van der Waals surface area contributed by atoms with E-state index in [1.165, 1.54) is 5.56 Å². The number of benzene rings is 1. The lowest BCUT2D eigenvalue weighted by Gasteiger charge is -2.28. The third-order valence-electron chi connectivity index (χ3n) is 3.56. The van der Waals surface area contributed by atoms with Gasteiger partial charge in [-0.1, -0.05) is 51.1 Å². The Balaban J connectivity index is 2.51. The van der Waals surface area contributed by atoms with Crippen molar-refractivity contribution in [1.82, 2.24) is 10.6 Å². The zero-order valence-electron chi connectivity index (χ0n) is 14.6. The van der Waals surface area contributed by atoms with Gasteiger partial charge in [-0.15, -0.1) is 0 Å². The van der Waals surface area contributed by atoms with E-state index in [-0.39, 0.29) is 11.5 Å². The Morgan fingerprint density at radius 3 is 2.41 bits per heavy atom. The second-order valence-corrected chi connectivity index (χ2v) is 6.47. The normalized spacial score (nSPS) is 13.8. The summed E-state index contributed by atoms with van der Waals surface area (Å²) in [6.07, 6.45) is 1.09. The first-order chi connectivity index (χ1) is 10.5. The predicted molar refractivity (Wildman–Crippen MR) is 94.4 cm³/mol. The molecule has 1 aromatic rings. The molecular weight excluding hydrogens is 274 g/mol. The summed E-state index contributed by atoms with van der Waals surface area (Å²) in [5.41, 5.74) is 1.41. The number of guanidine groups is 1. The van der Waals surface area contributed by atoms with Crippen molar-refractivity contribution in [2.45, 2.75) is 40.2 Å². The molecule has 0 saturated carbocycles. The zero-order chi connectivity index (χ0) is 16.4. The fourth-order valence-corrected chi connectivity index (χ4v) is 2.19. The number of nitrogens with one attached hydrogen (secondary N) is 2. The topological polar surface area (TPSA) is 45.7 Å². The molecule has 124 valence electrons. The van der Waals surface area contributed by atoms with E-state index in [2.05, 4.69) is 67.6 Å². The summed E-state index contributed by atoms with van der Waals surface area (Å²) in [7, 11) is 1.75. The molecule has 0 spiro atoms. The Morgan fingerprint density at radius 2 is 1.86 bits per heavy atom. The summed E-state index contributed by atoms with van der Waals surface area (Å²) in [5.74, 6) is 0.852. The SMILES string of the molecule is CCNC(=NCC(OC)C(C)(C)C)NCCc1ccccc1. The summed E-state index contributed by atoms with van der Waals surface area (Å²) >= 11 is 0. The third kappa shape index (κ3) is 6.94. The van der Waals surface area contributed by atoms with E-state index in [9.17, 15) is 0 Å². The number of ether oxygens (including phenoxy) is 1. The fraction of sp³-hybridized carbons (Fsp3) is 0.611. The molecule has 22 heavy (non-hydrogen) atoms. The molecule has 0 fully saturated rings. The van der Waals surface area contributed by atoms with Crippen molar-refractivity contribution < 1.29 is 4.74 Å². The van der Waals surface area contributed by atoms with Crippen LogP contribution in [-0.4, -0.2) is 38.8 Å². The van der Waals surface area contributed by atoms with E-state index < -0.39 is 0 Å². The molecule has 0 aromatic heterocycles. The summed E-state index contributed by atoms with van der Waals surface area (Å²) < 4.78 is 5.55. The minimum atomic E-state index is 0.0829. The lowest BCUT2D eigenvalue weighted by Crippen LogP contribution is -2.40. The monoisotopic (exact) mass is 305 g/mol. The summed E-state index contributed by atoms with van der Waals surface area (Å²) in [6.45, 7) is 11.0. The van der Waals surface area contributed by atoms with E-state index in [0.717, 1.165) is 25.5 Å². The highest BCUT2D eigenvalue weighted by Crippen LogP contribution is 2.21. The maximum absolute atomic E-state index is 5.55. The van der Waals surface area contributed by atoms with Crippen LogP contribution < -0.4 is 10.6 Å². The molecule has 1 rings (SSSR count). The molecule has 0 saturated heterocycles. The quantitative estimate of drug-likeness (QED) is 0.601. The van der Waals surface area contributed by atoms with Gasteiger partial charge in [0.05, 0.1) is 12.6 Å². The largest absolute Gasteiger partial charge is 0.379 e. The van der Waals surface area contributed by atoms with Crippen LogP contribution in [0.1, 0.15) is 33.3 Å². The van der Waals surface area contributed by atoms with Gasteiger partial charge in [0.2, 0.25) is 0 Å². The first kappa shape index (κ1) is 18.5. The third-order valence-corrected chi connectivity index (χ3v) is 3.56. The van der Waals surface area contributed by atoms with Crippen molar-refractivity contribution in [3.05, 3.63) is 35.9 Å². The highest BCUT2D eigenvalue weighted by molar-refractivity contribution is 5.79. The van der Waals surface area contributed by atoms with Gasteiger partial charge < -0.3 is 15.4 Å². The predicted octanol–water partition coefficient (Wildman–Crippen LogP) is 2.85. The van der Waals surface area contributed by atoms with Gasteiger partial charge in [-0.2, -0.15) is 0 Å². The van der Waals surface area contributed by atoms with Crippen molar-refractivity contribution in [1.29, 1.82) is 0 Å². The Kier molecular flexibility index (Phi) is 7.96. The molecule has 0 aliphatic rings. The van der Waals surface area contributed by atoms with Crippen LogP contribution in [0, 0.1) is 5.41 Å². The molecule has 4 nitrogen and oxygen atoms in total. The Morgan fingerprint density at radius 1 is 1.18 bits per heavy atom. The average molecular weight is 305 g/mol. The second-order valence-electron chi connectivity index (χ2n) is 6.47. The number of rotatable bonds is 7. The standard InChI is InChI=1S/C18H31N3O/c1-6-19-17(21-14-16(22-5)18(2,3)4)20-13-12-15-10-8-7-9-11-15/h7-11,16H,6,12-14H2,1-5H3,(H2,19,20,21). The van der Waals surface area contributed by atoms with Gasteiger partial charge in [-0.3, -0.25) is 4.99 Å². The maximum atomic E-state index is 5.55. The lowest BCUT2D eigenvalue weighted by atomic mass is 9.89. The van der Waals surface area contributed by atoms with Gasteiger partial charge in [-0.05, 0) is 24.3 Å². The lowest BCUT2D eigenvalue weighted by molar-refractivity contribution is 0.0241. The smallest absolute Gasteiger partial charge is 0.191 e. The molecule has 0 bridgehead atoms. The summed E-state index contributed by atoms with van der Waals surface area (Å²) in [4.78, 5) is 4.65. The van der Waals surface area contributed by atoms with Crippen molar-refractivity contribution in [2.75, 3.05) is 26.7 Å². The molecule has 0 amide bonds. The van der Waals surface area contributed by atoms with Crippen LogP contribution in [0.2, 0.25) is 0 Å². The minimum absolute atomic E-state index is 0.0829. The number of hydrogen-bond donors (Lipinski definition) is 2.